The van der Waals surface area contributed by atoms with E-state index >= 15 is 0 Å². The summed E-state index contributed by atoms with van der Waals surface area (Å²) in [7, 11) is 1.60. The maximum Gasteiger partial charge on any atom is 0.126 e. The molecule has 0 spiro atoms. The number of methoxy groups -OCH3 is 1. The highest BCUT2D eigenvalue weighted by atomic mass is 16.5. The van der Waals surface area contributed by atoms with Crippen molar-refractivity contribution in [2.24, 2.45) is 0 Å². The fraction of sp³-hybridized carbons (Fsp3) is 0.333. The molecule has 0 amide bonds. The van der Waals surface area contributed by atoms with E-state index in [4.69, 9.17) is 4.74 Å². The van der Waals surface area contributed by atoms with E-state index in [1.165, 1.54) is 0 Å². The quantitative estimate of drug-likeness (QED) is 0.738. The molecule has 0 aliphatic heterocycles. The highest BCUT2D eigenvalue weighted by Gasteiger charge is 2.45. The summed E-state index contributed by atoms with van der Waals surface area (Å²) in [5, 5.41) is 31.4. The summed E-state index contributed by atoms with van der Waals surface area (Å²) in [4.78, 5) is 0. The molecule has 148 valence electrons. The molecule has 2 atom stereocenters. The van der Waals surface area contributed by atoms with E-state index in [9.17, 15) is 15.3 Å². The second-order valence-electron chi connectivity index (χ2n) is 7.69. The van der Waals surface area contributed by atoms with Crippen LogP contribution in [0.2, 0.25) is 0 Å². The number of aliphatic hydroxyl groups excluding tert-OH is 1. The number of aromatic hydroxyl groups is 2. The Kier molecular flexibility index (Phi) is 5.37. The average Bonchev–Trinajstić information content (AvgIpc) is 2.65. The molecule has 4 heteroatoms. The number of ether oxygens (including phenoxy) is 1. The minimum Gasteiger partial charge on any atom is -0.507 e. The van der Waals surface area contributed by atoms with Gasteiger partial charge in [0, 0.05) is 13.0 Å². The summed E-state index contributed by atoms with van der Waals surface area (Å²) in [5.74, 6) is 0.197. The Morgan fingerprint density at radius 2 is 1.25 bits per heavy atom. The standard InChI is InChI=1S/C24H28O4/c1-14-10-18(11-15(2)22(14)26)21(19-12-16(3)23(27)17(4)13-19)24(28-5)9-7-6-8-20(24)25/h6-13,20-21,25-27H,1-5H3. The molecule has 3 rings (SSSR count). The predicted octanol–water partition coefficient (Wildman–Crippen LogP) is 4.34. The Labute approximate surface area is 166 Å². The number of allylic oxidation sites excluding steroid dienone is 2. The molecular weight excluding hydrogens is 352 g/mol. The van der Waals surface area contributed by atoms with Crippen molar-refractivity contribution < 1.29 is 20.1 Å². The minimum atomic E-state index is -1.01. The van der Waals surface area contributed by atoms with Crippen LogP contribution in [0.1, 0.15) is 39.3 Å². The molecule has 2 aromatic carbocycles. The highest BCUT2D eigenvalue weighted by molar-refractivity contribution is 5.52. The molecule has 2 unspecified atom stereocenters. The number of rotatable bonds is 4. The van der Waals surface area contributed by atoms with E-state index in [1.807, 2.05) is 64.1 Å². The van der Waals surface area contributed by atoms with Crippen LogP contribution in [-0.4, -0.2) is 34.1 Å². The zero-order valence-electron chi connectivity index (χ0n) is 17.0. The van der Waals surface area contributed by atoms with Crippen LogP contribution in [0.4, 0.5) is 0 Å². The molecule has 4 nitrogen and oxygen atoms in total. The van der Waals surface area contributed by atoms with Gasteiger partial charge in [-0.2, -0.15) is 0 Å². The van der Waals surface area contributed by atoms with Crippen molar-refractivity contribution >= 4 is 0 Å². The fourth-order valence-corrected chi connectivity index (χ4v) is 4.22. The van der Waals surface area contributed by atoms with Gasteiger partial charge in [-0.15, -0.1) is 0 Å². The van der Waals surface area contributed by atoms with Crippen molar-refractivity contribution in [2.75, 3.05) is 7.11 Å². The number of benzene rings is 2. The van der Waals surface area contributed by atoms with E-state index in [0.29, 0.717) is 0 Å². The van der Waals surface area contributed by atoms with Crippen molar-refractivity contribution in [1.82, 2.24) is 0 Å². The summed E-state index contributed by atoms with van der Waals surface area (Å²) >= 11 is 0. The zero-order chi connectivity index (χ0) is 20.6. The molecule has 0 radical (unpaired) electrons. The Balaban J connectivity index is 2.32. The third-order valence-corrected chi connectivity index (χ3v) is 5.72. The first-order valence-electron chi connectivity index (χ1n) is 9.40. The lowest BCUT2D eigenvalue weighted by Gasteiger charge is -2.42. The van der Waals surface area contributed by atoms with E-state index in [0.717, 1.165) is 33.4 Å². The fourth-order valence-electron chi connectivity index (χ4n) is 4.22. The largest absolute Gasteiger partial charge is 0.507 e. The average molecular weight is 380 g/mol. The summed E-state index contributed by atoms with van der Waals surface area (Å²) in [5.41, 5.74) is 3.91. The smallest absolute Gasteiger partial charge is 0.126 e. The Morgan fingerprint density at radius 1 is 0.821 bits per heavy atom. The Morgan fingerprint density at radius 3 is 1.61 bits per heavy atom. The van der Waals surface area contributed by atoms with Crippen molar-refractivity contribution in [3.8, 4) is 11.5 Å². The minimum absolute atomic E-state index is 0.270. The first kappa shape index (κ1) is 20.2. The van der Waals surface area contributed by atoms with Gasteiger partial charge in [-0.25, -0.2) is 0 Å². The summed E-state index contributed by atoms with van der Waals surface area (Å²) in [6.07, 6.45) is 6.44. The molecule has 1 aliphatic carbocycles. The lowest BCUT2D eigenvalue weighted by Crippen LogP contribution is -2.48. The Hall–Kier alpha value is -2.56. The normalized spacial score (nSPS) is 21.5. The van der Waals surface area contributed by atoms with Gasteiger partial charge in [0.15, 0.2) is 0 Å². The number of aryl methyl sites for hydroxylation is 4. The maximum absolute atomic E-state index is 10.9. The lowest BCUT2D eigenvalue weighted by atomic mass is 9.71. The van der Waals surface area contributed by atoms with Crippen LogP contribution >= 0.6 is 0 Å². The number of hydrogen-bond donors (Lipinski definition) is 3. The zero-order valence-corrected chi connectivity index (χ0v) is 17.0. The van der Waals surface area contributed by atoms with Gasteiger partial charge in [-0.05, 0) is 67.2 Å². The predicted molar refractivity (Wildman–Crippen MR) is 111 cm³/mol. The molecule has 0 fully saturated rings. The van der Waals surface area contributed by atoms with E-state index < -0.39 is 11.7 Å². The van der Waals surface area contributed by atoms with Crippen molar-refractivity contribution in [2.45, 2.75) is 45.3 Å². The Bertz CT molecular complexity index is 854. The van der Waals surface area contributed by atoms with Crippen LogP contribution in [0.3, 0.4) is 0 Å². The van der Waals surface area contributed by atoms with Crippen LogP contribution in [0.25, 0.3) is 0 Å². The second-order valence-corrected chi connectivity index (χ2v) is 7.69. The molecule has 3 N–H and O–H groups in total. The summed E-state index contributed by atoms with van der Waals surface area (Å²) in [6.45, 7) is 7.46. The molecule has 0 saturated carbocycles. The van der Waals surface area contributed by atoms with E-state index in [-0.39, 0.29) is 17.4 Å². The lowest BCUT2D eigenvalue weighted by molar-refractivity contribution is -0.0597. The van der Waals surface area contributed by atoms with Crippen LogP contribution in [-0.2, 0) is 4.74 Å². The van der Waals surface area contributed by atoms with Crippen LogP contribution in [0.15, 0.2) is 48.6 Å². The summed E-state index contributed by atoms with van der Waals surface area (Å²) in [6, 6.07) is 7.74. The number of phenols is 2. The van der Waals surface area contributed by atoms with Gasteiger partial charge >= 0.3 is 0 Å². The number of hydrogen-bond acceptors (Lipinski definition) is 4. The third-order valence-electron chi connectivity index (χ3n) is 5.72. The van der Waals surface area contributed by atoms with Crippen molar-refractivity contribution in [1.29, 1.82) is 0 Å². The first-order valence-corrected chi connectivity index (χ1v) is 9.40. The molecule has 0 saturated heterocycles. The van der Waals surface area contributed by atoms with Gasteiger partial charge < -0.3 is 20.1 Å². The first-order chi connectivity index (χ1) is 13.2. The molecule has 1 aliphatic rings. The molecule has 28 heavy (non-hydrogen) atoms. The molecular formula is C24H28O4. The van der Waals surface area contributed by atoms with Gasteiger partial charge in [0.1, 0.15) is 23.2 Å². The van der Waals surface area contributed by atoms with Gasteiger partial charge in [0.25, 0.3) is 0 Å². The van der Waals surface area contributed by atoms with Crippen LogP contribution in [0.5, 0.6) is 11.5 Å². The highest BCUT2D eigenvalue weighted by Crippen LogP contribution is 2.45. The van der Waals surface area contributed by atoms with Crippen LogP contribution in [0, 0.1) is 27.7 Å². The van der Waals surface area contributed by atoms with Gasteiger partial charge in [0.05, 0.1) is 0 Å². The number of phenolic OH excluding ortho intramolecular Hbond substituents is 2. The second kappa shape index (κ2) is 7.46. The monoisotopic (exact) mass is 380 g/mol. The van der Waals surface area contributed by atoms with E-state index in [1.54, 1.807) is 19.3 Å². The van der Waals surface area contributed by atoms with Gasteiger partial charge in [-0.3, -0.25) is 0 Å². The van der Waals surface area contributed by atoms with Gasteiger partial charge in [-0.1, -0.05) is 42.5 Å². The molecule has 0 aromatic heterocycles. The third kappa shape index (κ3) is 3.23. The van der Waals surface area contributed by atoms with Crippen molar-refractivity contribution in [3.05, 3.63) is 82.0 Å². The number of aliphatic hydroxyl groups is 1. The van der Waals surface area contributed by atoms with Gasteiger partial charge in [0.2, 0.25) is 0 Å². The molecule has 2 aromatic rings. The topological polar surface area (TPSA) is 69.9 Å². The van der Waals surface area contributed by atoms with E-state index in [2.05, 4.69) is 0 Å². The van der Waals surface area contributed by atoms with Crippen molar-refractivity contribution in [3.63, 3.8) is 0 Å². The van der Waals surface area contributed by atoms with Crippen LogP contribution < -0.4 is 0 Å². The SMILES string of the molecule is COC1(C(c2cc(C)c(O)c(C)c2)c2cc(C)c(O)c(C)c2)C=CC=CC1O. The maximum atomic E-state index is 10.9. The summed E-state index contributed by atoms with van der Waals surface area (Å²) < 4.78 is 5.97. The molecule has 0 bridgehead atoms. The molecule has 0 heterocycles.